The van der Waals surface area contributed by atoms with Crippen molar-refractivity contribution in [1.29, 1.82) is 0 Å². The topological polar surface area (TPSA) is 43.8 Å². The van der Waals surface area contributed by atoms with Gasteiger partial charge < -0.3 is 5.73 Å². The molecule has 3 nitrogen and oxygen atoms in total. The lowest BCUT2D eigenvalue weighted by atomic mass is 9.88. The van der Waals surface area contributed by atoms with Crippen LogP contribution < -0.4 is 5.73 Å². The van der Waals surface area contributed by atoms with Crippen LogP contribution in [0.3, 0.4) is 0 Å². The average molecular weight is 209 g/mol. The van der Waals surface area contributed by atoms with Gasteiger partial charge >= 0.3 is 0 Å². The highest BCUT2D eigenvalue weighted by Crippen LogP contribution is 2.26. The summed E-state index contributed by atoms with van der Waals surface area (Å²) >= 11 is 0. The molecule has 0 aliphatic rings. The summed E-state index contributed by atoms with van der Waals surface area (Å²) in [6.07, 6.45) is 2.15. The van der Waals surface area contributed by atoms with Crippen LogP contribution in [0.25, 0.3) is 0 Å². The van der Waals surface area contributed by atoms with E-state index in [0.717, 1.165) is 24.2 Å². The van der Waals surface area contributed by atoms with Crippen LogP contribution in [0.5, 0.6) is 0 Å². The van der Waals surface area contributed by atoms with E-state index in [-0.39, 0.29) is 6.04 Å². The quantitative estimate of drug-likeness (QED) is 0.831. The lowest BCUT2D eigenvalue weighted by Gasteiger charge is -2.20. The largest absolute Gasteiger partial charge is 0.323 e. The van der Waals surface area contributed by atoms with Gasteiger partial charge in [-0.05, 0) is 31.2 Å². The van der Waals surface area contributed by atoms with Crippen LogP contribution in [0.2, 0.25) is 0 Å². The Labute approximate surface area is 92.7 Å². The van der Waals surface area contributed by atoms with Gasteiger partial charge in [0.25, 0.3) is 0 Å². The van der Waals surface area contributed by atoms with Crippen LogP contribution in [-0.2, 0) is 7.05 Å². The van der Waals surface area contributed by atoms with Gasteiger partial charge in [-0.15, -0.1) is 0 Å². The molecule has 1 heterocycles. The Bertz CT molecular complexity index is 320. The van der Waals surface area contributed by atoms with Gasteiger partial charge in [0.15, 0.2) is 0 Å². The summed E-state index contributed by atoms with van der Waals surface area (Å²) in [5, 5.41) is 4.31. The van der Waals surface area contributed by atoms with Crippen LogP contribution in [0.1, 0.15) is 51.0 Å². The van der Waals surface area contributed by atoms with Crippen molar-refractivity contribution in [2.45, 2.75) is 46.6 Å². The van der Waals surface area contributed by atoms with Crippen LogP contribution in [-0.4, -0.2) is 9.78 Å². The van der Waals surface area contributed by atoms with Gasteiger partial charge in [0.1, 0.15) is 0 Å². The maximum atomic E-state index is 6.16. The minimum Gasteiger partial charge on any atom is -0.323 e. The monoisotopic (exact) mass is 209 g/mol. The van der Waals surface area contributed by atoms with E-state index in [9.17, 15) is 0 Å². The Kier molecular flexibility index (Phi) is 3.55. The first-order valence-electron chi connectivity index (χ1n) is 5.56. The normalized spacial score (nSPS) is 14.3. The lowest BCUT2D eigenvalue weighted by Crippen LogP contribution is -2.17. The fraction of sp³-hybridized carbons (Fsp3) is 0.750. The van der Waals surface area contributed by atoms with Crippen molar-refractivity contribution in [3.63, 3.8) is 0 Å². The summed E-state index contributed by atoms with van der Waals surface area (Å²) in [5.41, 5.74) is 8.68. The van der Waals surface area contributed by atoms with E-state index in [1.807, 2.05) is 18.7 Å². The van der Waals surface area contributed by atoms with Crippen molar-refractivity contribution in [2.24, 2.45) is 18.2 Å². The molecule has 1 rings (SSSR count). The van der Waals surface area contributed by atoms with Gasteiger partial charge in [-0.1, -0.05) is 20.8 Å². The first-order valence-corrected chi connectivity index (χ1v) is 5.56. The highest BCUT2D eigenvalue weighted by Gasteiger charge is 2.16. The summed E-state index contributed by atoms with van der Waals surface area (Å²) in [7, 11) is 1.96. The highest BCUT2D eigenvalue weighted by molar-refractivity contribution is 5.12. The smallest absolute Gasteiger partial charge is 0.0597 e. The van der Waals surface area contributed by atoms with Crippen LogP contribution in [0, 0.1) is 12.3 Å². The Balaban J connectivity index is 2.61. The molecule has 0 aromatic carbocycles. The molecule has 2 N–H and O–H groups in total. The lowest BCUT2D eigenvalue weighted by molar-refractivity contribution is 0.346. The zero-order valence-corrected chi connectivity index (χ0v) is 10.5. The van der Waals surface area contributed by atoms with Gasteiger partial charge in [-0.2, -0.15) is 5.10 Å². The molecule has 0 spiro atoms. The van der Waals surface area contributed by atoms with E-state index in [2.05, 4.69) is 31.9 Å². The van der Waals surface area contributed by atoms with Gasteiger partial charge in [-0.25, -0.2) is 0 Å². The molecule has 0 radical (unpaired) electrons. The van der Waals surface area contributed by atoms with Crippen LogP contribution >= 0.6 is 0 Å². The van der Waals surface area contributed by atoms with Crippen molar-refractivity contribution < 1.29 is 0 Å². The second-order valence-corrected chi connectivity index (χ2v) is 5.54. The molecule has 0 aliphatic heterocycles. The fourth-order valence-corrected chi connectivity index (χ4v) is 1.71. The predicted molar refractivity (Wildman–Crippen MR) is 63.6 cm³/mol. The van der Waals surface area contributed by atoms with E-state index in [1.54, 1.807) is 0 Å². The number of hydrogen-bond acceptors (Lipinski definition) is 2. The molecule has 1 aromatic rings. The minimum absolute atomic E-state index is 0.107. The molecule has 0 amide bonds. The maximum Gasteiger partial charge on any atom is 0.0597 e. The first kappa shape index (κ1) is 12.2. The van der Waals surface area contributed by atoms with Crippen LogP contribution in [0.15, 0.2) is 6.07 Å². The Morgan fingerprint density at radius 2 is 2.07 bits per heavy atom. The molecule has 15 heavy (non-hydrogen) atoms. The third-order valence-electron chi connectivity index (χ3n) is 2.62. The summed E-state index contributed by atoms with van der Waals surface area (Å²) in [5.74, 6) is 0. The zero-order chi connectivity index (χ0) is 11.6. The third kappa shape index (κ3) is 3.67. The molecule has 1 aromatic heterocycles. The zero-order valence-electron chi connectivity index (χ0n) is 10.5. The van der Waals surface area contributed by atoms with E-state index in [1.165, 1.54) is 0 Å². The van der Waals surface area contributed by atoms with Gasteiger partial charge in [0.2, 0.25) is 0 Å². The maximum absolute atomic E-state index is 6.16. The Morgan fingerprint density at radius 3 is 2.47 bits per heavy atom. The van der Waals surface area contributed by atoms with Crippen molar-refractivity contribution in [3.8, 4) is 0 Å². The van der Waals surface area contributed by atoms with E-state index in [0.29, 0.717) is 5.41 Å². The van der Waals surface area contributed by atoms with Crippen molar-refractivity contribution in [3.05, 3.63) is 17.5 Å². The molecule has 1 unspecified atom stereocenters. The second kappa shape index (κ2) is 4.35. The number of hydrogen-bond donors (Lipinski definition) is 1. The molecule has 0 aliphatic carbocycles. The number of nitrogens with two attached hydrogens (primary N) is 1. The minimum atomic E-state index is 0.107. The highest BCUT2D eigenvalue weighted by atomic mass is 15.3. The SMILES string of the molecule is Cc1cc(C(N)CCC(C)(C)C)n(C)n1. The summed E-state index contributed by atoms with van der Waals surface area (Å²) in [6, 6.07) is 2.18. The molecule has 0 bridgehead atoms. The average Bonchev–Trinajstić information content (AvgIpc) is 2.40. The number of nitrogens with zero attached hydrogens (tertiary/aromatic N) is 2. The number of aryl methyl sites for hydroxylation is 2. The summed E-state index contributed by atoms with van der Waals surface area (Å²) in [4.78, 5) is 0. The Morgan fingerprint density at radius 1 is 1.47 bits per heavy atom. The summed E-state index contributed by atoms with van der Waals surface area (Å²) in [6.45, 7) is 8.73. The molecule has 3 heteroatoms. The van der Waals surface area contributed by atoms with Crippen molar-refractivity contribution in [1.82, 2.24) is 9.78 Å². The van der Waals surface area contributed by atoms with Crippen molar-refractivity contribution >= 4 is 0 Å². The molecule has 0 saturated carbocycles. The molecule has 1 atom stereocenters. The van der Waals surface area contributed by atoms with E-state index >= 15 is 0 Å². The standard InChI is InChI=1S/C12H23N3/c1-9-8-11(15(5)14-9)10(13)6-7-12(2,3)4/h8,10H,6-7,13H2,1-5H3. The third-order valence-corrected chi connectivity index (χ3v) is 2.62. The first-order chi connectivity index (χ1) is 6.79. The predicted octanol–water partition coefficient (Wildman–Crippen LogP) is 2.55. The van der Waals surface area contributed by atoms with E-state index < -0.39 is 0 Å². The molecular weight excluding hydrogens is 186 g/mol. The van der Waals surface area contributed by atoms with Crippen molar-refractivity contribution in [2.75, 3.05) is 0 Å². The summed E-state index contributed by atoms with van der Waals surface area (Å²) < 4.78 is 1.89. The second-order valence-electron chi connectivity index (χ2n) is 5.54. The van der Waals surface area contributed by atoms with Gasteiger partial charge in [0.05, 0.1) is 11.4 Å². The van der Waals surface area contributed by atoms with Gasteiger partial charge in [-0.3, -0.25) is 4.68 Å². The fourth-order valence-electron chi connectivity index (χ4n) is 1.71. The molecule has 86 valence electrons. The Hall–Kier alpha value is -0.830. The molecule has 0 fully saturated rings. The number of aromatic nitrogens is 2. The molecule has 0 saturated heterocycles. The number of rotatable bonds is 3. The van der Waals surface area contributed by atoms with Gasteiger partial charge in [0, 0.05) is 13.1 Å². The van der Waals surface area contributed by atoms with Crippen LogP contribution in [0.4, 0.5) is 0 Å². The van der Waals surface area contributed by atoms with E-state index in [4.69, 9.17) is 5.73 Å². The molecular formula is C12H23N3.